The van der Waals surface area contributed by atoms with Crippen molar-refractivity contribution in [1.82, 2.24) is 4.90 Å². The number of methoxy groups -OCH3 is 2. The Bertz CT molecular complexity index is 417. The van der Waals surface area contributed by atoms with E-state index in [1.807, 2.05) is 18.2 Å². The highest BCUT2D eigenvalue weighted by atomic mass is 16.5. The van der Waals surface area contributed by atoms with Gasteiger partial charge in [0.1, 0.15) is 11.5 Å². The van der Waals surface area contributed by atoms with Crippen LogP contribution < -0.4 is 15.2 Å². The molecule has 0 aromatic heterocycles. The zero-order valence-electron chi connectivity index (χ0n) is 12.5. The van der Waals surface area contributed by atoms with Crippen LogP contribution in [0.25, 0.3) is 0 Å². The van der Waals surface area contributed by atoms with Crippen molar-refractivity contribution in [3.05, 3.63) is 23.8 Å². The highest BCUT2D eigenvalue weighted by Crippen LogP contribution is 2.30. The maximum absolute atomic E-state index is 6.02. The second-order valence-corrected chi connectivity index (χ2v) is 5.06. The van der Waals surface area contributed by atoms with Crippen molar-refractivity contribution in [2.45, 2.75) is 19.0 Å². The Morgan fingerprint density at radius 2 is 1.95 bits per heavy atom. The Morgan fingerprint density at radius 1 is 1.30 bits per heavy atom. The predicted molar refractivity (Wildman–Crippen MR) is 78.3 cm³/mol. The van der Waals surface area contributed by atoms with E-state index < -0.39 is 0 Å². The van der Waals surface area contributed by atoms with E-state index >= 15 is 0 Å². The topological polar surface area (TPSA) is 57.0 Å². The molecule has 5 nitrogen and oxygen atoms in total. The first-order valence-corrected chi connectivity index (χ1v) is 6.96. The molecule has 1 aliphatic heterocycles. The minimum absolute atomic E-state index is 0.151. The fourth-order valence-corrected chi connectivity index (χ4v) is 2.69. The molecule has 5 heteroatoms. The Morgan fingerprint density at radius 3 is 2.45 bits per heavy atom. The Balaban J connectivity index is 2.30. The van der Waals surface area contributed by atoms with E-state index in [9.17, 15) is 0 Å². The molecule has 0 saturated carbocycles. The first kappa shape index (κ1) is 15.1. The van der Waals surface area contributed by atoms with Crippen LogP contribution in [0.1, 0.15) is 18.5 Å². The van der Waals surface area contributed by atoms with Crippen LogP contribution in [-0.4, -0.2) is 51.5 Å². The minimum atomic E-state index is 0.151. The molecular weight excluding hydrogens is 256 g/mol. The number of morpholine rings is 1. The van der Waals surface area contributed by atoms with Crippen LogP contribution in [0.15, 0.2) is 18.2 Å². The van der Waals surface area contributed by atoms with Gasteiger partial charge in [0, 0.05) is 31.2 Å². The third kappa shape index (κ3) is 3.23. The second-order valence-electron chi connectivity index (χ2n) is 5.06. The number of hydrogen-bond donors (Lipinski definition) is 1. The zero-order valence-corrected chi connectivity index (χ0v) is 12.5. The van der Waals surface area contributed by atoms with E-state index in [1.54, 1.807) is 14.2 Å². The van der Waals surface area contributed by atoms with Gasteiger partial charge in [0.25, 0.3) is 0 Å². The smallest absolute Gasteiger partial charge is 0.122 e. The summed E-state index contributed by atoms with van der Waals surface area (Å²) in [7, 11) is 3.32. The standard InChI is InChI=1S/C15H24N2O3/c1-11-10-20-5-4-17(11)15(9-16)12-6-13(18-2)8-14(7-12)19-3/h6-8,11,15H,4-5,9-10,16H2,1-3H3. The molecule has 0 aliphatic carbocycles. The summed E-state index contributed by atoms with van der Waals surface area (Å²) in [5.74, 6) is 1.58. The van der Waals surface area contributed by atoms with Gasteiger partial charge in [0.2, 0.25) is 0 Å². The summed E-state index contributed by atoms with van der Waals surface area (Å²) in [6.45, 7) is 5.11. The molecule has 2 unspecified atom stereocenters. The van der Waals surface area contributed by atoms with Crippen LogP contribution in [0, 0.1) is 0 Å². The molecule has 0 radical (unpaired) electrons. The zero-order chi connectivity index (χ0) is 14.5. The van der Waals surface area contributed by atoms with Gasteiger partial charge < -0.3 is 19.9 Å². The van der Waals surface area contributed by atoms with E-state index in [0.29, 0.717) is 12.6 Å². The summed E-state index contributed by atoms with van der Waals surface area (Å²) in [6, 6.07) is 6.44. The average Bonchev–Trinajstić information content (AvgIpc) is 2.49. The van der Waals surface area contributed by atoms with Gasteiger partial charge in [0.15, 0.2) is 0 Å². The van der Waals surface area contributed by atoms with Crippen LogP contribution >= 0.6 is 0 Å². The maximum atomic E-state index is 6.02. The van der Waals surface area contributed by atoms with Gasteiger partial charge in [-0.3, -0.25) is 4.90 Å². The van der Waals surface area contributed by atoms with E-state index in [2.05, 4.69) is 11.8 Å². The lowest BCUT2D eigenvalue weighted by molar-refractivity contribution is -0.0210. The Kier molecular flexibility index (Phi) is 5.23. The predicted octanol–water partition coefficient (Wildman–Crippen LogP) is 1.42. The molecule has 1 aromatic carbocycles. The van der Waals surface area contributed by atoms with Crippen molar-refractivity contribution in [2.75, 3.05) is 40.5 Å². The summed E-state index contributed by atoms with van der Waals surface area (Å²) in [6.07, 6.45) is 0. The summed E-state index contributed by atoms with van der Waals surface area (Å²) < 4.78 is 16.2. The first-order chi connectivity index (χ1) is 9.69. The van der Waals surface area contributed by atoms with E-state index in [-0.39, 0.29) is 6.04 Å². The molecule has 112 valence electrons. The lowest BCUT2D eigenvalue weighted by Gasteiger charge is -2.39. The third-order valence-corrected chi connectivity index (χ3v) is 3.80. The lowest BCUT2D eigenvalue weighted by Crippen LogP contribution is -2.47. The molecule has 0 amide bonds. The largest absolute Gasteiger partial charge is 0.497 e. The molecule has 2 atom stereocenters. The van der Waals surface area contributed by atoms with Crippen LogP contribution in [0.3, 0.4) is 0 Å². The number of hydrogen-bond acceptors (Lipinski definition) is 5. The number of nitrogens with zero attached hydrogens (tertiary/aromatic N) is 1. The third-order valence-electron chi connectivity index (χ3n) is 3.80. The molecule has 1 aromatic rings. The van der Waals surface area contributed by atoms with E-state index in [1.165, 1.54) is 0 Å². The summed E-state index contributed by atoms with van der Waals surface area (Å²) in [5.41, 5.74) is 7.14. The van der Waals surface area contributed by atoms with Crippen molar-refractivity contribution >= 4 is 0 Å². The van der Waals surface area contributed by atoms with Crippen molar-refractivity contribution in [2.24, 2.45) is 5.73 Å². The van der Waals surface area contributed by atoms with E-state index in [0.717, 1.165) is 36.8 Å². The molecule has 1 saturated heterocycles. The number of nitrogens with two attached hydrogens (primary N) is 1. The first-order valence-electron chi connectivity index (χ1n) is 6.96. The molecular formula is C15H24N2O3. The maximum Gasteiger partial charge on any atom is 0.122 e. The van der Waals surface area contributed by atoms with Gasteiger partial charge in [-0.2, -0.15) is 0 Å². The molecule has 2 N–H and O–H groups in total. The van der Waals surface area contributed by atoms with Crippen LogP contribution in [-0.2, 0) is 4.74 Å². The average molecular weight is 280 g/mol. The highest BCUT2D eigenvalue weighted by molar-refractivity contribution is 5.40. The SMILES string of the molecule is COc1cc(OC)cc(C(CN)N2CCOCC2C)c1. The van der Waals surface area contributed by atoms with Crippen LogP contribution in [0.5, 0.6) is 11.5 Å². The normalized spacial score (nSPS) is 21.5. The van der Waals surface area contributed by atoms with Crippen molar-refractivity contribution < 1.29 is 14.2 Å². The molecule has 2 rings (SSSR count). The van der Waals surface area contributed by atoms with Gasteiger partial charge in [0.05, 0.1) is 27.4 Å². The second kappa shape index (κ2) is 6.92. The monoisotopic (exact) mass is 280 g/mol. The van der Waals surface area contributed by atoms with Gasteiger partial charge in [-0.05, 0) is 24.6 Å². The quantitative estimate of drug-likeness (QED) is 0.884. The van der Waals surface area contributed by atoms with Crippen LogP contribution in [0.4, 0.5) is 0 Å². The summed E-state index contributed by atoms with van der Waals surface area (Å²) in [5, 5.41) is 0. The molecule has 1 fully saturated rings. The lowest BCUT2D eigenvalue weighted by atomic mass is 10.0. The van der Waals surface area contributed by atoms with Crippen molar-refractivity contribution in [1.29, 1.82) is 0 Å². The number of rotatable bonds is 5. The van der Waals surface area contributed by atoms with Crippen molar-refractivity contribution in [3.63, 3.8) is 0 Å². The molecule has 1 aliphatic rings. The Hall–Kier alpha value is -1.30. The van der Waals surface area contributed by atoms with Crippen LogP contribution in [0.2, 0.25) is 0 Å². The fourth-order valence-electron chi connectivity index (χ4n) is 2.69. The minimum Gasteiger partial charge on any atom is -0.497 e. The molecule has 0 spiro atoms. The fraction of sp³-hybridized carbons (Fsp3) is 0.600. The molecule has 0 bridgehead atoms. The summed E-state index contributed by atoms with van der Waals surface area (Å²) >= 11 is 0. The molecule has 1 heterocycles. The highest BCUT2D eigenvalue weighted by Gasteiger charge is 2.27. The molecule has 20 heavy (non-hydrogen) atoms. The van der Waals surface area contributed by atoms with E-state index in [4.69, 9.17) is 19.9 Å². The Labute approximate surface area is 120 Å². The van der Waals surface area contributed by atoms with Gasteiger partial charge in [-0.15, -0.1) is 0 Å². The number of ether oxygens (including phenoxy) is 3. The van der Waals surface area contributed by atoms with Gasteiger partial charge in [-0.1, -0.05) is 0 Å². The van der Waals surface area contributed by atoms with Gasteiger partial charge >= 0.3 is 0 Å². The van der Waals surface area contributed by atoms with Gasteiger partial charge in [-0.25, -0.2) is 0 Å². The van der Waals surface area contributed by atoms with Crippen molar-refractivity contribution in [3.8, 4) is 11.5 Å². The summed E-state index contributed by atoms with van der Waals surface area (Å²) in [4.78, 5) is 2.39. The number of benzene rings is 1.